The van der Waals surface area contributed by atoms with Crippen molar-refractivity contribution in [1.29, 1.82) is 0 Å². The molecule has 0 aliphatic carbocycles. The maximum Gasteiger partial charge on any atom is 0.273 e. The summed E-state index contributed by atoms with van der Waals surface area (Å²) in [6, 6.07) is 6.70. The second-order valence-electron chi connectivity index (χ2n) is 4.73. The summed E-state index contributed by atoms with van der Waals surface area (Å²) in [5.74, 6) is 0.733. The largest absolute Gasteiger partial charge is 0.385 e. The standard InChI is InChI=1S/C14H18N4O3/c1-3-4-15-11-6-12(8-14(7-11)18(19)20)16-9-13-5-10(2)21-17-13/h5-8,15-16H,3-4,9H2,1-2H3. The van der Waals surface area contributed by atoms with Crippen LogP contribution < -0.4 is 10.6 Å². The molecule has 0 aliphatic heterocycles. The second kappa shape index (κ2) is 6.74. The second-order valence-corrected chi connectivity index (χ2v) is 4.73. The van der Waals surface area contributed by atoms with E-state index in [1.54, 1.807) is 0 Å². The summed E-state index contributed by atoms with van der Waals surface area (Å²) in [6.07, 6.45) is 0.948. The van der Waals surface area contributed by atoms with Gasteiger partial charge in [0.05, 0.1) is 11.5 Å². The van der Waals surface area contributed by atoms with E-state index in [9.17, 15) is 10.1 Å². The van der Waals surface area contributed by atoms with E-state index in [0.29, 0.717) is 12.2 Å². The van der Waals surface area contributed by atoms with Gasteiger partial charge in [-0.2, -0.15) is 0 Å². The van der Waals surface area contributed by atoms with Crippen LogP contribution in [-0.2, 0) is 6.54 Å². The van der Waals surface area contributed by atoms with Crippen molar-refractivity contribution in [2.24, 2.45) is 0 Å². The van der Waals surface area contributed by atoms with Gasteiger partial charge >= 0.3 is 0 Å². The van der Waals surface area contributed by atoms with Gasteiger partial charge in [0.15, 0.2) is 0 Å². The first-order valence-electron chi connectivity index (χ1n) is 6.78. The summed E-state index contributed by atoms with van der Waals surface area (Å²) in [5, 5.41) is 21.1. The van der Waals surface area contributed by atoms with E-state index >= 15 is 0 Å². The van der Waals surface area contributed by atoms with E-state index in [1.165, 1.54) is 12.1 Å². The number of hydrogen-bond acceptors (Lipinski definition) is 6. The zero-order valence-electron chi connectivity index (χ0n) is 12.0. The normalized spacial score (nSPS) is 10.4. The van der Waals surface area contributed by atoms with Crippen molar-refractivity contribution in [1.82, 2.24) is 5.16 Å². The summed E-state index contributed by atoms with van der Waals surface area (Å²) in [4.78, 5) is 10.6. The molecule has 1 aromatic heterocycles. The van der Waals surface area contributed by atoms with Gasteiger partial charge in [0.2, 0.25) is 0 Å². The number of rotatable bonds is 7. The Kier molecular flexibility index (Phi) is 4.76. The van der Waals surface area contributed by atoms with Crippen molar-refractivity contribution in [3.63, 3.8) is 0 Å². The van der Waals surface area contributed by atoms with Gasteiger partial charge in [0.25, 0.3) is 5.69 Å². The maximum atomic E-state index is 11.0. The Morgan fingerprint density at radius 3 is 2.52 bits per heavy atom. The molecule has 0 unspecified atom stereocenters. The van der Waals surface area contributed by atoms with Gasteiger partial charge in [-0.15, -0.1) is 0 Å². The summed E-state index contributed by atoms with van der Waals surface area (Å²) < 4.78 is 4.98. The van der Waals surface area contributed by atoms with Crippen LogP contribution in [0.5, 0.6) is 0 Å². The van der Waals surface area contributed by atoms with Crippen LogP contribution in [0.4, 0.5) is 17.1 Å². The summed E-state index contributed by atoms with van der Waals surface area (Å²) in [5.41, 5.74) is 2.20. The van der Waals surface area contributed by atoms with E-state index in [2.05, 4.69) is 15.8 Å². The molecule has 21 heavy (non-hydrogen) atoms. The molecule has 112 valence electrons. The highest BCUT2D eigenvalue weighted by Gasteiger charge is 2.10. The number of aryl methyl sites for hydroxylation is 1. The van der Waals surface area contributed by atoms with Crippen molar-refractivity contribution in [3.05, 3.63) is 45.8 Å². The van der Waals surface area contributed by atoms with E-state index in [0.717, 1.165) is 30.1 Å². The van der Waals surface area contributed by atoms with Gasteiger partial charge in [0, 0.05) is 36.1 Å². The molecule has 0 radical (unpaired) electrons. The van der Waals surface area contributed by atoms with E-state index in [4.69, 9.17) is 4.52 Å². The zero-order chi connectivity index (χ0) is 15.2. The van der Waals surface area contributed by atoms with E-state index in [1.807, 2.05) is 26.0 Å². The highest BCUT2D eigenvalue weighted by molar-refractivity contribution is 5.63. The van der Waals surface area contributed by atoms with Crippen LogP contribution in [-0.4, -0.2) is 16.6 Å². The number of anilines is 2. The number of benzene rings is 1. The number of hydrogen-bond donors (Lipinski definition) is 2. The number of nitro groups is 1. The number of nitrogens with zero attached hydrogens (tertiary/aromatic N) is 2. The molecule has 0 spiro atoms. The van der Waals surface area contributed by atoms with Gasteiger partial charge in [-0.3, -0.25) is 10.1 Å². The Hall–Kier alpha value is -2.57. The first-order chi connectivity index (χ1) is 10.1. The number of nitrogens with one attached hydrogen (secondary N) is 2. The minimum absolute atomic E-state index is 0.0509. The fourth-order valence-electron chi connectivity index (χ4n) is 1.88. The van der Waals surface area contributed by atoms with Crippen LogP contribution in [0.3, 0.4) is 0 Å². The lowest BCUT2D eigenvalue weighted by Crippen LogP contribution is -2.04. The molecule has 2 N–H and O–H groups in total. The summed E-state index contributed by atoms with van der Waals surface area (Å²) >= 11 is 0. The number of aromatic nitrogens is 1. The average Bonchev–Trinajstić information content (AvgIpc) is 2.88. The molecule has 1 heterocycles. The predicted octanol–water partition coefficient (Wildman–Crippen LogP) is 3.33. The Balaban J connectivity index is 2.12. The van der Waals surface area contributed by atoms with Crippen LogP contribution >= 0.6 is 0 Å². The maximum absolute atomic E-state index is 11.0. The van der Waals surface area contributed by atoms with Crippen LogP contribution in [0.15, 0.2) is 28.8 Å². The van der Waals surface area contributed by atoms with E-state index < -0.39 is 4.92 Å². The van der Waals surface area contributed by atoms with Crippen molar-refractivity contribution >= 4 is 17.1 Å². The first-order valence-corrected chi connectivity index (χ1v) is 6.78. The predicted molar refractivity (Wildman–Crippen MR) is 80.4 cm³/mol. The van der Waals surface area contributed by atoms with Crippen LogP contribution in [0.2, 0.25) is 0 Å². The third kappa shape index (κ3) is 4.20. The fraction of sp³-hybridized carbons (Fsp3) is 0.357. The lowest BCUT2D eigenvalue weighted by molar-refractivity contribution is -0.384. The highest BCUT2D eigenvalue weighted by Crippen LogP contribution is 2.24. The third-order valence-electron chi connectivity index (χ3n) is 2.86. The Morgan fingerprint density at radius 2 is 1.95 bits per heavy atom. The molecule has 2 aromatic rings. The van der Waals surface area contributed by atoms with Gasteiger partial charge in [-0.25, -0.2) is 0 Å². The molecule has 0 aliphatic rings. The van der Waals surface area contributed by atoms with Gasteiger partial charge in [-0.1, -0.05) is 12.1 Å². The molecule has 0 saturated heterocycles. The molecular formula is C14H18N4O3. The average molecular weight is 290 g/mol. The Labute approximate surface area is 122 Å². The van der Waals surface area contributed by atoms with Crippen LogP contribution in [0, 0.1) is 17.0 Å². The van der Waals surface area contributed by atoms with Gasteiger partial charge in [-0.05, 0) is 19.4 Å². The van der Waals surface area contributed by atoms with Crippen molar-refractivity contribution in [2.45, 2.75) is 26.8 Å². The molecule has 1 aromatic carbocycles. The quantitative estimate of drug-likeness (QED) is 0.600. The van der Waals surface area contributed by atoms with Gasteiger partial charge < -0.3 is 15.2 Å². The monoisotopic (exact) mass is 290 g/mol. The highest BCUT2D eigenvalue weighted by atomic mass is 16.6. The van der Waals surface area contributed by atoms with Crippen molar-refractivity contribution in [2.75, 3.05) is 17.2 Å². The molecule has 7 nitrogen and oxygen atoms in total. The zero-order valence-corrected chi connectivity index (χ0v) is 12.0. The molecule has 0 atom stereocenters. The van der Waals surface area contributed by atoms with Crippen LogP contribution in [0.25, 0.3) is 0 Å². The molecule has 0 bridgehead atoms. The van der Waals surface area contributed by atoms with Gasteiger partial charge in [0.1, 0.15) is 11.5 Å². The lowest BCUT2D eigenvalue weighted by Gasteiger charge is -2.09. The summed E-state index contributed by atoms with van der Waals surface area (Å²) in [7, 11) is 0. The molecular weight excluding hydrogens is 272 g/mol. The Morgan fingerprint density at radius 1 is 1.24 bits per heavy atom. The number of nitro benzene ring substituents is 1. The van der Waals surface area contributed by atoms with E-state index in [-0.39, 0.29) is 5.69 Å². The lowest BCUT2D eigenvalue weighted by atomic mass is 10.2. The molecule has 2 rings (SSSR count). The van der Waals surface area contributed by atoms with Crippen LogP contribution in [0.1, 0.15) is 24.8 Å². The Bertz CT molecular complexity index is 624. The smallest absolute Gasteiger partial charge is 0.273 e. The topological polar surface area (TPSA) is 93.2 Å². The first kappa shape index (κ1) is 14.8. The summed E-state index contributed by atoms with van der Waals surface area (Å²) in [6.45, 7) is 5.07. The minimum atomic E-state index is -0.400. The van der Waals surface area contributed by atoms with Crippen molar-refractivity contribution < 1.29 is 9.45 Å². The minimum Gasteiger partial charge on any atom is -0.385 e. The molecule has 0 fully saturated rings. The SMILES string of the molecule is CCCNc1cc(NCc2cc(C)on2)cc([N+](=O)[O-])c1. The molecule has 7 heteroatoms. The molecule has 0 saturated carbocycles. The van der Waals surface area contributed by atoms with Crippen molar-refractivity contribution in [3.8, 4) is 0 Å². The fourth-order valence-corrected chi connectivity index (χ4v) is 1.88. The number of non-ortho nitro benzene ring substituents is 1. The molecule has 0 amide bonds. The third-order valence-corrected chi connectivity index (χ3v) is 2.86.